The maximum absolute atomic E-state index is 12.0. The molecule has 0 spiro atoms. The fraction of sp³-hybridized carbons (Fsp3) is 0.273. The summed E-state index contributed by atoms with van der Waals surface area (Å²) in [6.45, 7) is 3.88. The monoisotopic (exact) mass is 363 g/mol. The highest BCUT2D eigenvalue weighted by molar-refractivity contribution is 5.75. The Morgan fingerprint density at radius 3 is 2.81 bits per heavy atom. The molecule has 0 saturated carbocycles. The van der Waals surface area contributed by atoms with E-state index in [9.17, 15) is 4.79 Å². The molecular formula is C22H25N3O2. The van der Waals surface area contributed by atoms with Gasteiger partial charge in [-0.15, -0.1) is 0 Å². The molecule has 0 fully saturated rings. The van der Waals surface area contributed by atoms with E-state index in [0.717, 1.165) is 17.9 Å². The Morgan fingerprint density at radius 2 is 2.00 bits per heavy atom. The Kier molecular flexibility index (Phi) is 6.63. The van der Waals surface area contributed by atoms with Crippen LogP contribution in [0.25, 0.3) is 0 Å². The molecule has 0 atom stereocenters. The molecule has 0 saturated heterocycles. The number of imidazole rings is 1. The van der Waals surface area contributed by atoms with Crippen molar-refractivity contribution in [2.75, 3.05) is 6.61 Å². The number of ether oxygens (including phenoxy) is 1. The zero-order valence-corrected chi connectivity index (χ0v) is 15.6. The maximum Gasteiger partial charge on any atom is 0.220 e. The fourth-order valence-electron chi connectivity index (χ4n) is 2.85. The first-order valence-corrected chi connectivity index (χ1v) is 9.19. The molecule has 1 aromatic heterocycles. The Morgan fingerprint density at radius 1 is 1.15 bits per heavy atom. The van der Waals surface area contributed by atoms with Gasteiger partial charge in [0.05, 0.1) is 12.9 Å². The second-order valence-corrected chi connectivity index (χ2v) is 6.60. The Balaban J connectivity index is 1.37. The van der Waals surface area contributed by atoms with Gasteiger partial charge in [-0.3, -0.25) is 4.79 Å². The van der Waals surface area contributed by atoms with Crippen molar-refractivity contribution >= 4 is 5.91 Å². The van der Waals surface area contributed by atoms with Gasteiger partial charge in [0.25, 0.3) is 0 Å². The van der Waals surface area contributed by atoms with E-state index in [0.29, 0.717) is 26.0 Å². The van der Waals surface area contributed by atoms with Gasteiger partial charge < -0.3 is 14.6 Å². The zero-order chi connectivity index (χ0) is 18.9. The topological polar surface area (TPSA) is 56.1 Å². The molecule has 5 nitrogen and oxygen atoms in total. The minimum atomic E-state index is 0.0443. The van der Waals surface area contributed by atoms with E-state index in [1.54, 1.807) is 12.5 Å². The first-order chi connectivity index (χ1) is 13.2. The largest absolute Gasteiger partial charge is 0.494 e. The molecule has 140 valence electrons. The van der Waals surface area contributed by atoms with Crippen LogP contribution in [0.15, 0.2) is 67.3 Å². The van der Waals surface area contributed by atoms with Gasteiger partial charge in [0, 0.05) is 31.9 Å². The molecule has 3 aromatic rings. The van der Waals surface area contributed by atoms with Crippen molar-refractivity contribution in [3.05, 3.63) is 83.9 Å². The number of benzene rings is 2. The lowest BCUT2D eigenvalue weighted by Crippen LogP contribution is -2.23. The number of aromatic nitrogens is 2. The summed E-state index contributed by atoms with van der Waals surface area (Å²) in [4.78, 5) is 16.1. The predicted octanol–water partition coefficient (Wildman–Crippen LogP) is 3.72. The minimum Gasteiger partial charge on any atom is -0.494 e. The van der Waals surface area contributed by atoms with Gasteiger partial charge in [-0.05, 0) is 42.2 Å². The van der Waals surface area contributed by atoms with Crippen molar-refractivity contribution < 1.29 is 9.53 Å². The van der Waals surface area contributed by atoms with Crippen LogP contribution in [0.1, 0.15) is 29.5 Å². The third kappa shape index (κ3) is 6.29. The average molecular weight is 363 g/mol. The number of nitrogens with zero attached hydrogens (tertiary/aromatic N) is 2. The van der Waals surface area contributed by atoms with Crippen LogP contribution >= 0.6 is 0 Å². The minimum absolute atomic E-state index is 0.0443. The second kappa shape index (κ2) is 9.57. The quantitative estimate of drug-likeness (QED) is 0.590. The lowest BCUT2D eigenvalue weighted by atomic mass is 10.1. The van der Waals surface area contributed by atoms with Crippen molar-refractivity contribution in [3.8, 4) is 5.75 Å². The van der Waals surface area contributed by atoms with Crippen molar-refractivity contribution in [3.63, 3.8) is 0 Å². The van der Waals surface area contributed by atoms with E-state index >= 15 is 0 Å². The summed E-state index contributed by atoms with van der Waals surface area (Å²) in [6, 6.07) is 16.2. The average Bonchev–Trinajstić information content (AvgIpc) is 3.17. The van der Waals surface area contributed by atoms with Gasteiger partial charge in [-0.25, -0.2) is 4.98 Å². The van der Waals surface area contributed by atoms with Crippen LogP contribution in [0, 0.1) is 6.92 Å². The lowest BCUT2D eigenvalue weighted by molar-refractivity contribution is -0.121. The summed E-state index contributed by atoms with van der Waals surface area (Å²) < 4.78 is 7.70. The molecule has 27 heavy (non-hydrogen) atoms. The summed E-state index contributed by atoms with van der Waals surface area (Å²) in [5, 5.41) is 2.98. The summed E-state index contributed by atoms with van der Waals surface area (Å²) in [6.07, 6.45) is 6.66. The molecule has 0 unspecified atom stereocenters. The molecule has 0 bridgehead atoms. The van der Waals surface area contributed by atoms with E-state index < -0.39 is 0 Å². The lowest BCUT2D eigenvalue weighted by Gasteiger charge is -2.09. The molecular weight excluding hydrogens is 338 g/mol. The van der Waals surface area contributed by atoms with E-state index in [-0.39, 0.29) is 5.91 Å². The van der Waals surface area contributed by atoms with Gasteiger partial charge >= 0.3 is 0 Å². The third-order valence-corrected chi connectivity index (χ3v) is 4.21. The molecule has 0 aliphatic heterocycles. The van der Waals surface area contributed by atoms with Gasteiger partial charge in [-0.2, -0.15) is 0 Å². The smallest absolute Gasteiger partial charge is 0.220 e. The molecule has 1 heterocycles. The summed E-state index contributed by atoms with van der Waals surface area (Å²) >= 11 is 0. The summed E-state index contributed by atoms with van der Waals surface area (Å²) in [5.41, 5.74) is 3.45. The number of carbonyl (C=O) groups excluding carboxylic acids is 1. The Hall–Kier alpha value is -3.08. The van der Waals surface area contributed by atoms with Crippen molar-refractivity contribution in [1.29, 1.82) is 0 Å². The van der Waals surface area contributed by atoms with Crippen LogP contribution in [-0.2, 0) is 17.9 Å². The number of hydrogen-bond acceptors (Lipinski definition) is 3. The third-order valence-electron chi connectivity index (χ3n) is 4.21. The highest BCUT2D eigenvalue weighted by atomic mass is 16.5. The van der Waals surface area contributed by atoms with Crippen LogP contribution in [0.3, 0.4) is 0 Å². The van der Waals surface area contributed by atoms with Crippen LogP contribution in [0.5, 0.6) is 5.75 Å². The fourth-order valence-corrected chi connectivity index (χ4v) is 2.85. The molecule has 0 aliphatic carbocycles. The second-order valence-electron chi connectivity index (χ2n) is 6.60. The number of amides is 1. The number of hydrogen-bond donors (Lipinski definition) is 1. The molecule has 0 radical (unpaired) electrons. The predicted molar refractivity (Wildman–Crippen MR) is 106 cm³/mol. The van der Waals surface area contributed by atoms with Gasteiger partial charge in [0.2, 0.25) is 5.91 Å². The summed E-state index contributed by atoms with van der Waals surface area (Å²) in [5.74, 6) is 0.896. The van der Waals surface area contributed by atoms with E-state index in [1.165, 1.54) is 11.1 Å². The molecule has 1 N–H and O–H groups in total. The van der Waals surface area contributed by atoms with Gasteiger partial charge in [-0.1, -0.05) is 36.4 Å². The molecule has 0 aliphatic rings. The van der Waals surface area contributed by atoms with Gasteiger partial charge in [0.1, 0.15) is 5.75 Å². The molecule has 5 heteroatoms. The summed E-state index contributed by atoms with van der Waals surface area (Å²) in [7, 11) is 0. The van der Waals surface area contributed by atoms with Crippen LogP contribution < -0.4 is 10.1 Å². The molecule has 3 rings (SSSR count). The maximum atomic E-state index is 12.0. The number of carbonyl (C=O) groups is 1. The Bertz CT molecular complexity index is 860. The number of aryl methyl sites for hydroxylation is 1. The van der Waals surface area contributed by atoms with Gasteiger partial charge in [0.15, 0.2) is 0 Å². The zero-order valence-electron chi connectivity index (χ0n) is 15.6. The molecule has 2 aromatic carbocycles. The molecule has 1 amide bonds. The van der Waals surface area contributed by atoms with Crippen LogP contribution in [0.4, 0.5) is 0 Å². The van der Waals surface area contributed by atoms with E-state index in [4.69, 9.17) is 4.74 Å². The highest BCUT2D eigenvalue weighted by Gasteiger charge is 2.03. The number of rotatable bonds is 9. The van der Waals surface area contributed by atoms with Crippen LogP contribution in [-0.4, -0.2) is 22.1 Å². The normalized spacial score (nSPS) is 10.6. The number of nitrogens with one attached hydrogen (secondary N) is 1. The van der Waals surface area contributed by atoms with Crippen molar-refractivity contribution in [1.82, 2.24) is 14.9 Å². The highest BCUT2D eigenvalue weighted by Crippen LogP contribution is 2.12. The first kappa shape index (κ1) is 18.7. The van der Waals surface area contributed by atoms with Crippen molar-refractivity contribution in [2.24, 2.45) is 0 Å². The first-order valence-electron chi connectivity index (χ1n) is 9.19. The van der Waals surface area contributed by atoms with E-state index in [1.807, 2.05) is 54.1 Å². The Labute approximate surface area is 160 Å². The van der Waals surface area contributed by atoms with Crippen LogP contribution in [0.2, 0.25) is 0 Å². The standard InChI is InChI=1S/C22H25N3O2/c1-18-5-2-8-21(13-18)27-12-4-9-22(26)24-15-19-6-3-7-20(14-19)16-25-11-10-23-17-25/h2-3,5-8,10-11,13-14,17H,4,9,12,15-16H2,1H3,(H,24,26). The van der Waals surface area contributed by atoms with Crippen molar-refractivity contribution in [2.45, 2.75) is 32.9 Å². The van der Waals surface area contributed by atoms with E-state index in [2.05, 4.69) is 22.4 Å². The SMILES string of the molecule is Cc1cccc(OCCCC(=O)NCc2cccc(Cn3ccnc3)c2)c1.